The van der Waals surface area contributed by atoms with Crippen molar-refractivity contribution in [2.75, 3.05) is 12.3 Å². The number of benzene rings is 2. The van der Waals surface area contributed by atoms with Gasteiger partial charge in [-0.3, -0.25) is 9.59 Å². The quantitative estimate of drug-likeness (QED) is 0.466. The fraction of sp³-hybridized carbons (Fsp3) is 0.417. The molecule has 4 nitrogen and oxygen atoms in total. The maximum atomic E-state index is 13.2. The summed E-state index contributed by atoms with van der Waals surface area (Å²) in [6.07, 6.45) is 1.77. The molecule has 2 rings (SSSR count). The summed E-state index contributed by atoms with van der Waals surface area (Å²) in [6.45, 7) is 6.93. The third-order valence-electron chi connectivity index (χ3n) is 4.84. The molecule has 1 N–H and O–H groups in total. The lowest BCUT2D eigenvalue weighted by molar-refractivity contribution is -0.141. The molecule has 0 fully saturated rings. The van der Waals surface area contributed by atoms with Crippen LogP contribution in [0.1, 0.15) is 44.2 Å². The number of nitrogens with zero attached hydrogens (tertiary/aromatic N) is 1. The smallest absolute Gasteiger partial charge is 0.242 e. The molecule has 0 aliphatic heterocycles. The zero-order valence-electron chi connectivity index (χ0n) is 18.0. The summed E-state index contributed by atoms with van der Waals surface area (Å²) < 4.78 is 0. The number of carbonyl (C=O) groups is 2. The Kier molecular flexibility index (Phi) is 10.2. The molecule has 0 heterocycles. The van der Waals surface area contributed by atoms with Gasteiger partial charge in [0.15, 0.2) is 0 Å². The minimum absolute atomic E-state index is 0.0342. The van der Waals surface area contributed by atoms with E-state index in [9.17, 15) is 9.59 Å². The van der Waals surface area contributed by atoms with Gasteiger partial charge in [0.05, 0.1) is 0 Å². The van der Waals surface area contributed by atoms with Gasteiger partial charge in [0.1, 0.15) is 6.04 Å². The number of aryl methyl sites for hydroxylation is 1. The van der Waals surface area contributed by atoms with Crippen LogP contribution in [0.4, 0.5) is 0 Å². The van der Waals surface area contributed by atoms with E-state index in [0.717, 1.165) is 16.9 Å². The molecule has 0 saturated heterocycles. The molecule has 0 aliphatic rings. The average molecular weight is 447 g/mol. The van der Waals surface area contributed by atoms with Crippen LogP contribution < -0.4 is 5.32 Å². The Morgan fingerprint density at radius 2 is 1.80 bits per heavy atom. The number of hydrogen-bond donors (Lipinski definition) is 1. The molecular formula is C24H31ClN2O2S. The van der Waals surface area contributed by atoms with Gasteiger partial charge in [0.25, 0.3) is 0 Å². The predicted octanol–water partition coefficient (Wildman–Crippen LogP) is 5.46. The van der Waals surface area contributed by atoms with Crippen LogP contribution >= 0.6 is 23.4 Å². The summed E-state index contributed by atoms with van der Waals surface area (Å²) in [5.41, 5.74) is 2.06. The minimum atomic E-state index is -0.510. The van der Waals surface area contributed by atoms with Crippen LogP contribution in [0.15, 0.2) is 53.4 Å². The van der Waals surface area contributed by atoms with Gasteiger partial charge < -0.3 is 10.2 Å². The molecule has 6 heteroatoms. The molecule has 0 radical (unpaired) electrons. The van der Waals surface area contributed by atoms with Crippen molar-refractivity contribution in [3.05, 3.63) is 64.7 Å². The molecule has 1 atom stereocenters. The van der Waals surface area contributed by atoms with Gasteiger partial charge in [0, 0.05) is 35.2 Å². The molecule has 30 heavy (non-hydrogen) atoms. The Labute approximate surface area is 189 Å². The lowest BCUT2D eigenvalue weighted by Crippen LogP contribution is -2.49. The number of thioether (sulfide) groups is 1. The molecule has 0 saturated carbocycles. The zero-order valence-corrected chi connectivity index (χ0v) is 19.6. The van der Waals surface area contributed by atoms with Crippen molar-refractivity contribution >= 4 is 35.2 Å². The van der Waals surface area contributed by atoms with Gasteiger partial charge in [-0.15, -0.1) is 11.8 Å². The third kappa shape index (κ3) is 7.37. The van der Waals surface area contributed by atoms with Crippen molar-refractivity contribution in [1.82, 2.24) is 10.2 Å². The summed E-state index contributed by atoms with van der Waals surface area (Å²) in [5.74, 6) is 0.521. The molecule has 0 aliphatic carbocycles. The van der Waals surface area contributed by atoms with Crippen LogP contribution in [-0.2, 0) is 16.1 Å². The number of halogens is 1. The first-order valence-corrected chi connectivity index (χ1v) is 11.8. The highest BCUT2D eigenvalue weighted by Crippen LogP contribution is 2.23. The standard InChI is InChI=1S/C24H31ClN2O2S/c1-4-15-26-24(29)22(5-2)27(17-19-8-6-7-9-21(19)25)23(28)14-16-30-20-12-10-18(3)11-13-20/h6-13,22H,4-5,14-17H2,1-3H3,(H,26,29)/t22-/m1/s1. The zero-order chi connectivity index (χ0) is 21.9. The van der Waals surface area contributed by atoms with Gasteiger partial charge in [-0.05, 0) is 43.5 Å². The number of nitrogens with one attached hydrogen (secondary N) is 1. The van der Waals surface area contributed by atoms with E-state index in [4.69, 9.17) is 11.6 Å². The SMILES string of the molecule is CCCNC(=O)[C@@H](CC)N(Cc1ccccc1Cl)C(=O)CCSc1ccc(C)cc1. The molecule has 2 aromatic rings. The van der Waals surface area contributed by atoms with E-state index in [1.54, 1.807) is 16.7 Å². The molecule has 0 unspecified atom stereocenters. The Bertz CT molecular complexity index is 826. The van der Waals surface area contributed by atoms with E-state index < -0.39 is 6.04 Å². The minimum Gasteiger partial charge on any atom is -0.354 e. The maximum absolute atomic E-state index is 13.2. The van der Waals surface area contributed by atoms with E-state index >= 15 is 0 Å². The molecule has 162 valence electrons. The van der Waals surface area contributed by atoms with Crippen LogP contribution in [-0.4, -0.2) is 35.1 Å². The van der Waals surface area contributed by atoms with Crippen molar-refractivity contribution in [2.24, 2.45) is 0 Å². The highest BCUT2D eigenvalue weighted by molar-refractivity contribution is 7.99. The van der Waals surface area contributed by atoms with Crippen LogP contribution in [0.5, 0.6) is 0 Å². The molecular weight excluding hydrogens is 416 g/mol. The first-order chi connectivity index (χ1) is 14.5. The summed E-state index contributed by atoms with van der Waals surface area (Å²) in [6, 6.07) is 15.2. The van der Waals surface area contributed by atoms with Crippen LogP contribution in [0.3, 0.4) is 0 Å². The monoisotopic (exact) mass is 446 g/mol. The molecule has 2 aromatic carbocycles. The molecule has 2 amide bonds. The maximum Gasteiger partial charge on any atom is 0.242 e. The normalized spacial score (nSPS) is 11.7. The Hall–Kier alpha value is -1.98. The number of hydrogen-bond acceptors (Lipinski definition) is 3. The van der Waals surface area contributed by atoms with Crippen LogP contribution in [0.25, 0.3) is 0 Å². The summed E-state index contributed by atoms with van der Waals surface area (Å²) in [5, 5.41) is 3.54. The highest BCUT2D eigenvalue weighted by Gasteiger charge is 2.28. The van der Waals surface area contributed by atoms with Crippen molar-refractivity contribution in [3.63, 3.8) is 0 Å². The van der Waals surface area contributed by atoms with Gasteiger partial charge in [-0.25, -0.2) is 0 Å². The molecule has 0 spiro atoms. The first kappa shape index (κ1) is 24.3. The summed E-state index contributed by atoms with van der Waals surface area (Å²) in [7, 11) is 0. The summed E-state index contributed by atoms with van der Waals surface area (Å²) in [4.78, 5) is 28.7. The van der Waals surface area contributed by atoms with Crippen molar-refractivity contribution in [3.8, 4) is 0 Å². The van der Waals surface area contributed by atoms with E-state index in [1.807, 2.05) is 38.1 Å². The van der Waals surface area contributed by atoms with Gasteiger partial charge in [0.2, 0.25) is 11.8 Å². The van der Waals surface area contributed by atoms with E-state index in [-0.39, 0.29) is 11.8 Å². The fourth-order valence-electron chi connectivity index (χ4n) is 3.13. The average Bonchev–Trinajstić information content (AvgIpc) is 2.74. The Balaban J connectivity index is 2.11. The number of carbonyl (C=O) groups excluding carboxylic acids is 2. The molecule has 0 bridgehead atoms. The van der Waals surface area contributed by atoms with Crippen molar-refractivity contribution < 1.29 is 9.59 Å². The van der Waals surface area contributed by atoms with Gasteiger partial charge >= 0.3 is 0 Å². The topological polar surface area (TPSA) is 49.4 Å². The lowest BCUT2D eigenvalue weighted by atomic mass is 10.1. The molecule has 0 aromatic heterocycles. The van der Waals surface area contributed by atoms with Crippen LogP contribution in [0, 0.1) is 6.92 Å². The lowest BCUT2D eigenvalue weighted by Gasteiger charge is -2.31. The Morgan fingerprint density at radius 1 is 1.10 bits per heavy atom. The fourth-order valence-corrected chi connectivity index (χ4v) is 4.17. The van der Waals surface area contributed by atoms with Crippen molar-refractivity contribution in [1.29, 1.82) is 0 Å². The second kappa shape index (κ2) is 12.7. The summed E-state index contributed by atoms with van der Waals surface area (Å²) >= 11 is 7.99. The third-order valence-corrected chi connectivity index (χ3v) is 6.22. The highest BCUT2D eigenvalue weighted by atomic mass is 35.5. The van der Waals surface area contributed by atoms with Crippen LogP contribution in [0.2, 0.25) is 5.02 Å². The van der Waals surface area contributed by atoms with E-state index in [1.165, 1.54) is 5.56 Å². The second-order valence-corrected chi connectivity index (χ2v) is 8.82. The van der Waals surface area contributed by atoms with E-state index in [2.05, 4.69) is 36.5 Å². The van der Waals surface area contributed by atoms with E-state index in [0.29, 0.717) is 36.7 Å². The number of rotatable bonds is 11. The number of amides is 2. The van der Waals surface area contributed by atoms with Gasteiger partial charge in [-0.2, -0.15) is 0 Å². The largest absolute Gasteiger partial charge is 0.354 e. The first-order valence-electron chi connectivity index (χ1n) is 10.5. The van der Waals surface area contributed by atoms with Crippen molar-refractivity contribution in [2.45, 2.75) is 57.5 Å². The Morgan fingerprint density at radius 3 is 2.43 bits per heavy atom. The second-order valence-electron chi connectivity index (χ2n) is 7.24. The van der Waals surface area contributed by atoms with Gasteiger partial charge in [-0.1, -0.05) is 61.3 Å². The predicted molar refractivity (Wildman–Crippen MR) is 126 cm³/mol.